The minimum Gasteiger partial charge on any atom is -0.394 e. The van der Waals surface area contributed by atoms with Gasteiger partial charge in [0.05, 0.1) is 32.0 Å². The number of carbonyl (C=O) groups is 1. The molecule has 1 amide bonds. The van der Waals surface area contributed by atoms with Crippen LogP contribution in [0.15, 0.2) is 60.8 Å². The second-order valence-corrected chi connectivity index (χ2v) is 16.9. The molecule has 12 unspecified atom stereocenters. The molecule has 2 fully saturated rings. The van der Waals surface area contributed by atoms with Crippen LogP contribution in [0.3, 0.4) is 0 Å². The largest absolute Gasteiger partial charge is 0.394 e. The lowest BCUT2D eigenvalue weighted by molar-refractivity contribution is -0.359. The summed E-state index contributed by atoms with van der Waals surface area (Å²) in [6, 6.07) is -0.913. The van der Waals surface area contributed by atoms with Gasteiger partial charge in [-0.1, -0.05) is 152 Å². The van der Waals surface area contributed by atoms with Crippen LogP contribution in [-0.4, -0.2) is 140 Å². The minimum atomic E-state index is -1.79. The molecule has 9 N–H and O–H groups in total. The summed E-state index contributed by atoms with van der Waals surface area (Å²) < 4.78 is 22.5. The number of unbranched alkanes of at least 4 members (excludes halogenated alkanes) is 14. The van der Waals surface area contributed by atoms with Gasteiger partial charge in [0.15, 0.2) is 12.6 Å². The van der Waals surface area contributed by atoms with Crippen molar-refractivity contribution in [3.05, 3.63) is 60.8 Å². The fraction of sp³-hybridized carbons (Fsp3) is 0.776. The lowest BCUT2D eigenvalue weighted by atomic mass is 9.97. The molecule has 14 nitrogen and oxygen atoms in total. The SMILES string of the molecule is CC/C=C\C/C=C\C/C=C\C/C=C\CCCCCCCCCCCCCCC(=O)NC(COC1OC(CO)C(OC2OC(CO)C(O)C(O)C2O)C(O)C1O)C(O)/C=C/CCCC. The molecule has 0 radical (unpaired) electrons. The lowest BCUT2D eigenvalue weighted by Crippen LogP contribution is -2.65. The maximum absolute atomic E-state index is 13.0. The Morgan fingerprint density at radius 1 is 0.587 bits per heavy atom. The van der Waals surface area contributed by atoms with Crippen LogP contribution in [0.1, 0.15) is 149 Å². The first-order valence-electron chi connectivity index (χ1n) is 24.0. The highest BCUT2D eigenvalue weighted by atomic mass is 16.7. The molecule has 0 bridgehead atoms. The average molecular weight is 896 g/mol. The van der Waals surface area contributed by atoms with Crippen LogP contribution < -0.4 is 5.32 Å². The van der Waals surface area contributed by atoms with Crippen LogP contribution in [0.4, 0.5) is 0 Å². The summed E-state index contributed by atoms with van der Waals surface area (Å²) in [5.41, 5.74) is 0. The summed E-state index contributed by atoms with van der Waals surface area (Å²) in [5.74, 6) is -0.255. The second-order valence-electron chi connectivity index (χ2n) is 16.9. The van der Waals surface area contributed by atoms with E-state index in [9.17, 15) is 45.6 Å². The molecule has 0 aromatic heterocycles. The molecular formula is C49H85NO13. The van der Waals surface area contributed by atoms with Crippen LogP contribution in [-0.2, 0) is 23.7 Å². The third-order valence-corrected chi connectivity index (χ3v) is 11.5. The van der Waals surface area contributed by atoms with E-state index in [-0.39, 0.29) is 18.9 Å². The van der Waals surface area contributed by atoms with Gasteiger partial charge in [-0.3, -0.25) is 4.79 Å². The van der Waals surface area contributed by atoms with Crippen molar-refractivity contribution in [2.75, 3.05) is 19.8 Å². The number of amides is 1. The van der Waals surface area contributed by atoms with Gasteiger partial charge in [0, 0.05) is 6.42 Å². The summed E-state index contributed by atoms with van der Waals surface area (Å²) in [7, 11) is 0. The summed E-state index contributed by atoms with van der Waals surface area (Å²) in [4.78, 5) is 13.0. The van der Waals surface area contributed by atoms with Crippen molar-refractivity contribution < 1.29 is 64.6 Å². The molecule has 2 aliphatic rings. The number of hydrogen-bond acceptors (Lipinski definition) is 13. The fourth-order valence-corrected chi connectivity index (χ4v) is 7.50. The van der Waals surface area contributed by atoms with Gasteiger partial charge < -0.3 is 65.1 Å². The summed E-state index contributed by atoms with van der Waals surface area (Å²) in [5, 5.41) is 85.9. The van der Waals surface area contributed by atoms with Gasteiger partial charge in [0.25, 0.3) is 0 Å². The molecule has 2 rings (SSSR count). The maximum Gasteiger partial charge on any atom is 0.220 e. The third-order valence-electron chi connectivity index (χ3n) is 11.5. The molecule has 2 aliphatic heterocycles. The van der Waals surface area contributed by atoms with Crippen LogP contribution in [0.5, 0.6) is 0 Å². The number of nitrogens with one attached hydrogen (secondary N) is 1. The zero-order chi connectivity index (χ0) is 46.1. The molecule has 2 heterocycles. The normalized spacial score (nSPS) is 28.0. The van der Waals surface area contributed by atoms with E-state index in [1.807, 2.05) is 6.08 Å². The van der Waals surface area contributed by atoms with E-state index in [0.29, 0.717) is 6.42 Å². The van der Waals surface area contributed by atoms with Gasteiger partial charge in [-0.25, -0.2) is 0 Å². The molecule has 12 atom stereocenters. The van der Waals surface area contributed by atoms with Crippen molar-refractivity contribution in [2.24, 2.45) is 0 Å². The van der Waals surface area contributed by atoms with Crippen molar-refractivity contribution in [3.8, 4) is 0 Å². The summed E-state index contributed by atoms with van der Waals surface area (Å²) in [6.07, 6.45) is 26.4. The maximum atomic E-state index is 13.0. The number of hydrogen-bond donors (Lipinski definition) is 9. The Kier molecular flexibility index (Phi) is 32.4. The molecule has 14 heteroatoms. The van der Waals surface area contributed by atoms with E-state index in [0.717, 1.165) is 70.6 Å². The molecule has 2 saturated heterocycles. The van der Waals surface area contributed by atoms with Crippen LogP contribution in [0, 0.1) is 0 Å². The van der Waals surface area contributed by atoms with E-state index in [2.05, 4.69) is 67.8 Å². The topological polar surface area (TPSA) is 228 Å². The number of carbonyl (C=O) groups excluding carboxylic acids is 1. The predicted molar refractivity (Wildman–Crippen MR) is 244 cm³/mol. The average Bonchev–Trinajstić information content (AvgIpc) is 3.28. The van der Waals surface area contributed by atoms with E-state index < -0.39 is 86.8 Å². The van der Waals surface area contributed by atoms with Crippen LogP contribution in [0.25, 0.3) is 0 Å². The first kappa shape index (κ1) is 56.8. The highest BCUT2D eigenvalue weighted by molar-refractivity contribution is 5.76. The molecule has 0 aromatic rings. The van der Waals surface area contributed by atoms with Gasteiger partial charge >= 0.3 is 0 Å². The van der Waals surface area contributed by atoms with Gasteiger partial charge in [0.2, 0.25) is 5.91 Å². The van der Waals surface area contributed by atoms with Crippen molar-refractivity contribution in [1.29, 1.82) is 0 Å². The smallest absolute Gasteiger partial charge is 0.220 e. The Morgan fingerprint density at radius 3 is 1.67 bits per heavy atom. The monoisotopic (exact) mass is 896 g/mol. The highest BCUT2D eigenvalue weighted by Crippen LogP contribution is 2.30. The standard InChI is InChI=1S/C49H85NO13/c1-3-5-7-9-10-11-12-13-14-15-16-17-18-19-20-21-22-23-24-25-26-27-28-29-31-33-41(54)50-37(38(53)32-30-8-6-4-2)36-60-48-46(59)44(57)47(40(35-52)62-48)63-49-45(58)43(56)42(55)39(34-51)61-49/h5,7,10-11,13-14,16-17,30,32,37-40,42-49,51-53,55-59H,3-4,6,8-9,12,15,18-29,31,33-36H2,1-2H3,(H,50,54)/b7-5-,11-10-,14-13-,17-16-,32-30+. The molecular weight excluding hydrogens is 811 g/mol. The second kappa shape index (κ2) is 35.9. The van der Waals surface area contributed by atoms with Crippen molar-refractivity contribution in [3.63, 3.8) is 0 Å². The van der Waals surface area contributed by atoms with Gasteiger partial charge in [0.1, 0.15) is 48.8 Å². The van der Waals surface area contributed by atoms with E-state index in [1.54, 1.807) is 6.08 Å². The Bertz CT molecular complexity index is 1290. The number of ether oxygens (including phenoxy) is 4. The third kappa shape index (κ3) is 23.6. The van der Waals surface area contributed by atoms with E-state index in [4.69, 9.17) is 18.9 Å². The fourth-order valence-electron chi connectivity index (χ4n) is 7.50. The minimum absolute atomic E-state index is 0.255. The summed E-state index contributed by atoms with van der Waals surface area (Å²) in [6.45, 7) is 2.48. The Balaban J connectivity index is 1.66. The predicted octanol–water partition coefficient (Wildman–Crippen LogP) is 5.49. The van der Waals surface area contributed by atoms with E-state index in [1.165, 1.54) is 51.4 Å². The van der Waals surface area contributed by atoms with Crippen molar-refractivity contribution in [2.45, 2.75) is 222 Å². The molecule has 0 aliphatic carbocycles. The van der Waals surface area contributed by atoms with Crippen molar-refractivity contribution in [1.82, 2.24) is 5.32 Å². The molecule has 0 spiro atoms. The quantitative estimate of drug-likeness (QED) is 0.0284. The first-order valence-corrected chi connectivity index (χ1v) is 24.0. The zero-order valence-electron chi connectivity index (χ0n) is 38.3. The summed E-state index contributed by atoms with van der Waals surface area (Å²) >= 11 is 0. The Labute approximate surface area is 377 Å². The Hall–Kier alpha value is -2.31. The van der Waals surface area contributed by atoms with Crippen LogP contribution >= 0.6 is 0 Å². The number of rotatable bonds is 35. The zero-order valence-corrected chi connectivity index (χ0v) is 38.3. The highest BCUT2D eigenvalue weighted by Gasteiger charge is 2.51. The molecule has 0 aromatic carbocycles. The number of aliphatic hydroxyl groups is 8. The van der Waals surface area contributed by atoms with Crippen molar-refractivity contribution >= 4 is 5.91 Å². The first-order chi connectivity index (χ1) is 30.6. The lowest BCUT2D eigenvalue weighted by Gasteiger charge is -2.46. The molecule has 0 saturated carbocycles. The van der Waals surface area contributed by atoms with Crippen LogP contribution in [0.2, 0.25) is 0 Å². The molecule has 63 heavy (non-hydrogen) atoms. The van der Waals surface area contributed by atoms with Gasteiger partial charge in [-0.15, -0.1) is 0 Å². The van der Waals surface area contributed by atoms with E-state index >= 15 is 0 Å². The number of allylic oxidation sites excluding steroid dienone is 9. The molecule has 364 valence electrons. The van der Waals surface area contributed by atoms with Gasteiger partial charge in [-0.2, -0.15) is 0 Å². The number of aliphatic hydroxyl groups excluding tert-OH is 8. The van der Waals surface area contributed by atoms with Gasteiger partial charge in [-0.05, 0) is 51.4 Å². The Morgan fingerprint density at radius 2 is 1.10 bits per heavy atom.